The molecular formula is C81H153NO5. The van der Waals surface area contributed by atoms with Crippen LogP contribution in [-0.4, -0.2) is 47.4 Å². The maximum absolute atomic E-state index is 12.6. The first kappa shape index (κ1) is 84.8. The first-order valence-corrected chi connectivity index (χ1v) is 39.4. The van der Waals surface area contributed by atoms with E-state index in [1.165, 1.54) is 340 Å². The van der Waals surface area contributed by atoms with Crippen molar-refractivity contribution in [1.29, 1.82) is 0 Å². The van der Waals surface area contributed by atoms with Crippen molar-refractivity contribution in [2.45, 2.75) is 443 Å². The first-order chi connectivity index (χ1) is 43.0. The van der Waals surface area contributed by atoms with Gasteiger partial charge in [-0.1, -0.05) is 377 Å². The highest BCUT2D eigenvalue weighted by Gasteiger charge is 2.20. The summed E-state index contributed by atoms with van der Waals surface area (Å²) in [5.41, 5.74) is 0. The summed E-state index contributed by atoms with van der Waals surface area (Å²) in [6.07, 6.45) is 101. The summed E-state index contributed by atoms with van der Waals surface area (Å²) in [6.45, 7) is 4.97. The van der Waals surface area contributed by atoms with Crippen molar-refractivity contribution < 1.29 is 24.5 Å². The third-order valence-corrected chi connectivity index (χ3v) is 18.4. The predicted molar refractivity (Wildman–Crippen MR) is 384 cm³/mol. The number of aliphatic hydroxyl groups excluding tert-OH is 2. The molecule has 0 aromatic rings. The van der Waals surface area contributed by atoms with Crippen molar-refractivity contribution >= 4 is 11.9 Å². The molecule has 0 saturated heterocycles. The number of hydrogen-bond donors (Lipinski definition) is 3. The van der Waals surface area contributed by atoms with Gasteiger partial charge < -0.3 is 20.3 Å². The van der Waals surface area contributed by atoms with Gasteiger partial charge in [0.2, 0.25) is 5.91 Å². The van der Waals surface area contributed by atoms with Gasteiger partial charge in [-0.3, -0.25) is 9.59 Å². The van der Waals surface area contributed by atoms with E-state index in [2.05, 4.69) is 67.8 Å². The van der Waals surface area contributed by atoms with E-state index >= 15 is 0 Å². The predicted octanol–water partition coefficient (Wildman–Crippen LogP) is 26.0. The maximum atomic E-state index is 12.6. The third-order valence-electron chi connectivity index (χ3n) is 18.4. The molecule has 6 heteroatoms. The number of amides is 1. The number of unbranched alkanes of at least 4 members (excludes halogenated alkanes) is 55. The van der Waals surface area contributed by atoms with Crippen LogP contribution in [0.5, 0.6) is 0 Å². The zero-order valence-electron chi connectivity index (χ0n) is 58.8. The molecule has 2 unspecified atom stereocenters. The molecule has 6 nitrogen and oxygen atoms in total. The molecule has 0 aromatic heterocycles. The van der Waals surface area contributed by atoms with Gasteiger partial charge in [0.25, 0.3) is 0 Å². The van der Waals surface area contributed by atoms with Crippen LogP contribution in [0, 0.1) is 0 Å². The van der Waals surface area contributed by atoms with Crippen LogP contribution in [0.1, 0.15) is 431 Å². The summed E-state index contributed by atoms with van der Waals surface area (Å²) in [5, 5.41) is 23.4. The third kappa shape index (κ3) is 72.8. The molecule has 87 heavy (non-hydrogen) atoms. The smallest absolute Gasteiger partial charge is 0.305 e. The molecule has 0 bridgehead atoms. The second kappa shape index (κ2) is 76.3. The van der Waals surface area contributed by atoms with Gasteiger partial charge in [-0.05, 0) is 89.9 Å². The second-order valence-electron chi connectivity index (χ2n) is 27.0. The molecule has 3 N–H and O–H groups in total. The van der Waals surface area contributed by atoms with Crippen LogP contribution < -0.4 is 5.32 Å². The molecule has 0 aliphatic rings. The van der Waals surface area contributed by atoms with Gasteiger partial charge in [0, 0.05) is 12.8 Å². The fourth-order valence-corrected chi connectivity index (χ4v) is 12.4. The molecule has 0 heterocycles. The van der Waals surface area contributed by atoms with Gasteiger partial charge >= 0.3 is 5.97 Å². The van der Waals surface area contributed by atoms with Crippen LogP contribution in [0.15, 0.2) is 48.6 Å². The monoisotopic (exact) mass is 1220 g/mol. The Balaban J connectivity index is 3.38. The van der Waals surface area contributed by atoms with Crippen molar-refractivity contribution in [3.8, 4) is 0 Å². The van der Waals surface area contributed by atoms with E-state index in [1.54, 1.807) is 0 Å². The topological polar surface area (TPSA) is 95.9 Å². The maximum Gasteiger partial charge on any atom is 0.305 e. The van der Waals surface area contributed by atoms with Gasteiger partial charge in [-0.25, -0.2) is 0 Å². The van der Waals surface area contributed by atoms with Crippen molar-refractivity contribution in [2.24, 2.45) is 0 Å². The number of carbonyl (C=O) groups is 2. The Hall–Kier alpha value is -2.18. The summed E-state index contributed by atoms with van der Waals surface area (Å²) in [4.78, 5) is 24.6. The number of rotatable bonds is 74. The standard InChI is InChI=1S/C81H153NO5/c1-3-5-7-9-11-13-15-17-19-21-39-42-45-49-53-57-61-65-69-73-79(84)78(77-83)82-80(85)74-70-66-62-58-54-50-46-43-40-37-35-33-31-29-27-25-23-22-24-26-28-30-32-34-36-38-41-44-48-52-56-60-64-68-72-76-87-81(86)75-71-67-63-59-55-51-47-20-18-16-14-12-10-8-6-4-2/h14,16,20,24,26,30,32,47,78-79,83-84H,3-13,15,17-19,21-23,25,27-29,31,33-46,48-77H2,1-2H3,(H,82,85)/b16-14-,26-24-,32-30-,47-20-. The fourth-order valence-electron chi connectivity index (χ4n) is 12.4. The Morgan fingerprint density at radius 1 is 0.322 bits per heavy atom. The molecule has 0 aliphatic carbocycles. The van der Waals surface area contributed by atoms with Crippen LogP contribution >= 0.6 is 0 Å². The van der Waals surface area contributed by atoms with Gasteiger partial charge in [-0.2, -0.15) is 0 Å². The number of hydrogen-bond acceptors (Lipinski definition) is 5. The summed E-state index contributed by atoms with van der Waals surface area (Å²) in [7, 11) is 0. The van der Waals surface area contributed by atoms with Crippen LogP contribution in [0.2, 0.25) is 0 Å². The molecule has 0 saturated carbocycles. The number of ether oxygens (including phenoxy) is 1. The average Bonchev–Trinajstić information content (AvgIpc) is 3.53. The summed E-state index contributed by atoms with van der Waals surface area (Å²) in [6, 6.07) is -0.541. The Bertz CT molecular complexity index is 1450. The van der Waals surface area contributed by atoms with Gasteiger partial charge in [0.15, 0.2) is 0 Å². The molecule has 1 amide bonds. The number of nitrogens with one attached hydrogen (secondary N) is 1. The average molecular weight is 1220 g/mol. The lowest BCUT2D eigenvalue weighted by Gasteiger charge is -2.22. The molecule has 2 atom stereocenters. The molecule has 0 rings (SSSR count). The van der Waals surface area contributed by atoms with Gasteiger partial charge in [0.05, 0.1) is 25.4 Å². The highest BCUT2D eigenvalue weighted by atomic mass is 16.5. The zero-order chi connectivity index (χ0) is 62.8. The number of esters is 1. The van der Waals surface area contributed by atoms with E-state index < -0.39 is 12.1 Å². The van der Waals surface area contributed by atoms with E-state index in [4.69, 9.17) is 4.74 Å². The molecule has 0 fully saturated rings. The Morgan fingerprint density at radius 3 is 0.885 bits per heavy atom. The second-order valence-corrected chi connectivity index (χ2v) is 27.0. The summed E-state index contributed by atoms with van der Waals surface area (Å²) in [5.74, 6) is -0.0249. The highest BCUT2D eigenvalue weighted by molar-refractivity contribution is 5.76. The lowest BCUT2D eigenvalue weighted by molar-refractivity contribution is -0.143. The SMILES string of the molecule is CCCCCC/C=C\C/C=C\CCCCCCCC(=O)OCCCCCCCCCCCCC/C=C\C/C=C\CCCCCCCCCCCCCCCCCCCC(=O)NC(CO)C(O)CCCCCCCCCCCCCCCCCCCCC. The summed E-state index contributed by atoms with van der Waals surface area (Å²) < 4.78 is 5.49. The van der Waals surface area contributed by atoms with Crippen LogP contribution in [0.3, 0.4) is 0 Å². The zero-order valence-corrected chi connectivity index (χ0v) is 58.8. The normalized spacial score (nSPS) is 12.7. The molecule has 512 valence electrons. The largest absolute Gasteiger partial charge is 0.466 e. The van der Waals surface area contributed by atoms with Gasteiger partial charge in [-0.15, -0.1) is 0 Å². The van der Waals surface area contributed by atoms with Crippen molar-refractivity contribution in [3.05, 3.63) is 48.6 Å². The van der Waals surface area contributed by atoms with Crippen LogP contribution in [0.25, 0.3) is 0 Å². The minimum absolute atomic E-state index is 0.00368. The van der Waals surface area contributed by atoms with E-state index in [1.807, 2.05) is 0 Å². The van der Waals surface area contributed by atoms with Crippen LogP contribution in [0.4, 0.5) is 0 Å². The molecular weight excluding hydrogens is 1070 g/mol. The number of carbonyl (C=O) groups excluding carboxylic acids is 2. The Kier molecular flexibility index (Phi) is 74.4. The molecule has 0 aliphatic heterocycles. The lowest BCUT2D eigenvalue weighted by Crippen LogP contribution is -2.45. The van der Waals surface area contributed by atoms with E-state index in [-0.39, 0.29) is 18.5 Å². The van der Waals surface area contributed by atoms with E-state index in [9.17, 15) is 19.8 Å². The van der Waals surface area contributed by atoms with Crippen molar-refractivity contribution in [2.75, 3.05) is 13.2 Å². The Morgan fingerprint density at radius 2 is 0.575 bits per heavy atom. The highest BCUT2D eigenvalue weighted by Crippen LogP contribution is 2.19. The number of aliphatic hydroxyl groups is 2. The Labute approximate surface area is 544 Å². The van der Waals surface area contributed by atoms with E-state index in [0.29, 0.717) is 25.9 Å². The van der Waals surface area contributed by atoms with Crippen molar-refractivity contribution in [3.63, 3.8) is 0 Å². The molecule has 0 spiro atoms. The lowest BCUT2D eigenvalue weighted by atomic mass is 10.0. The minimum atomic E-state index is -0.664. The van der Waals surface area contributed by atoms with Crippen LogP contribution in [-0.2, 0) is 14.3 Å². The minimum Gasteiger partial charge on any atom is -0.466 e. The number of allylic oxidation sites excluding steroid dienone is 8. The molecule has 0 radical (unpaired) electrons. The first-order valence-electron chi connectivity index (χ1n) is 39.4. The van der Waals surface area contributed by atoms with Crippen molar-refractivity contribution in [1.82, 2.24) is 5.32 Å². The fraction of sp³-hybridized carbons (Fsp3) is 0.877. The van der Waals surface area contributed by atoms with Gasteiger partial charge in [0.1, 0.15) is 0 Å². The quantitative estimate of drug-likeness (QED) is 0.0320. The summed E-state index contributed by atoms with van der Waals surface area (Å²) >= 11 is 0. The van der Waals surface area contributed by atoms with E-state index in [0.717, 1.165) is 57.8 Å². The molecule has 0 aromatic carbocycles.